The average Bonchev–Trinajstić information content (AvgIpc) is 2.93. The van der Waals surface area contributed by atoms with Crippen molar-refractivity contribution in [3.63, 3.8) is 0 Å². The zero-order valence-corrected chi connectivity index (χ0v) is 18.7. The summed E-state index contributed by atoms with van der Waals surface area (Å²) in [6.45, 7) is 5.70. The van der Waals surface area contributed by atoms with E-state index in [0.29, 0.717) is 16.9 Å². The van der Waals surface area contributed by atoms with E-state index in [1.807, 2.05) is 19.1 Å². The first-order chi connectivity index (χ1) is 11.2. The fraction of sp³-hybridized carbons (Fsp3) is 0.611. The van der Waals surface area contributed by atoms with Crippen LogP contribution in [-0.4, -0.2) is 34.2 Å². The topological polar surface area (TPSA) is 70.6 Å². The highest BCUT2D eigenvalue weighted by Crippen LogP contribution is 2.36. The van der Waals surface area contributed by atoms with Gasteiger partial charge in [-0.1, -0.05) is 31.9 Å². The maximum Gasteiger partial charge on any atom is 0.191 e. The molecule has 1 saturated carbocycles. The third-order valence-electron chi connectivity index (χ3n) is 4.82. The first-order valence-electron chi connectivity index (χ1n) is 8.48. The summed E-state index contributed by atoms with van der Waals surface area (Å²) in [5, 5.41) is 6.72. The van der Waals surface area contributed by atoms with Crippen LogP contribution >= 0.6 is 24.0 Å². The lowest BCUT2D eigenvalue weighted by molar-refractivity contribution is 0.334. The van der Waals surface area contributed by atoms with Gasteiger partial charge in [-0.2, -0.15) is 0 Å². The van der Waals surface area contributed by atoms with E-state index in [9.17, 15) is 8.42 Å². The molecule has 142 valence electrons. The molecule has 0 unspecified atom stereocenters. The Hall–Kier alpha value is -0.830. The zero-order valence-electron chi connectivity index (χ0n) is 15.6. The SMILES string of the molecule is CN=C(NCc1ccc(S(C)(=O)=O)c(C)c1)NCC1(C)CCCC1.I. The first kappa shape index (κ1) is 22.2. The lowest BCUT2D eigenvalue weighted by Crippen LogP contribution is -2.41. The third kappa shape index (κ3) is 6.44. The molecule has 0 bridgehead atoms. The number of aliphatic imine (C=N–C) groups is 1. The smallest absolute Gasteiger partial charge is 0.191 e. The van der Waals surface area contributed by atoms with Crippen LogP contribution in [0.3, 0.4) is 0 Å². The van der Waals surface area contributed by atoms with Crippen LogP contribution in [0.15, 0.2) is 28.1 Å². The van der Waals surface area contributed by atoms with Gasteiger partial charge < -0.3 is 10.6 Å². The van der Waals surface area contributed by atoms with E-state index in [1.165, 1.54) is 31.9 Å². The van der Waals surface area contributed by atoms with Gasteiger partial charge in [-0.15, -0.1) is 24.0 Å². The molecule has 1 aromatic rings. The van der Waals surface area contributed by atoms with Gasteiger partial charge in [0, 0.05) is 26.4 Å². The van der Waals surface area contributed by atoms with Crippen molar-refractivity contribution in [3.8, 4) is 0 Å². The second kappa shape index (κ2) is 9.21. The van der Waals surface area contributed by atoms with E-state index in [4.69, 9.17) is 0 Å². The summed E-state index contributed by atoms with van der Waals surface area (Å²) in [6.07, 6.45) is 6.40. The second-order valence-electron chi connectivity index (χ2n) is 7.17. The molecule has 5 nitrogen and oxygen atoms in total. The summed E-state index contributed by atoms with van der Waals surface area (Å²) in [7, 11) is -1.40. The van der Waals surface area contributed by atoms with Crippen molar-refractivity contribution in [3.05, 3.63) is 29.3 Å². The fourth-order valence-corrected chi connectivity index (χ4v) is 4.31. The average molecular weight is 479 g/mol. The normalized spacial score (nSPS) is 17.0. The van der Waals surface area contributed by atoms with Gasteiger partial charge >= 0.3 is 0 Å². The second-order valence-corrected chi connectivity index (χ2v) is 9.15. The Morgan fingerprint density at radius 3 is 2.40 bits per heavy atom. The summed E-state index contributed by atoms with van der Waals surface area (Å²) in [6, 6.07) is 5.44. The molecule has 0 heterocycles. The molecule has 1 aliphatic carbocycles. The molecule has 0 aromatic heterocycles. The molecule has 0 saturated heterocycles. The highest BCUT2D eigenvalue weighted by molar-refractivity contribution is 14.0. The van der Waals surface area contributed by atoms with Crippen LogP contribution in [0.4, 0.5) is 0 Å². The maximum absolute atomic E-state index is 11.7. The molecule has 2 N–H and O–H groups in total. The minimum atomic E-state index is -3.17. The number of halogens is 1. The molecule has 1 aliphatic rings. The highest BCUT2D eigenvalue weighted by Gasteiger charge is 2.28. The van der Waals surface area contributed by atoms with Crippen molar-refractivity contribution in [2.75, 3.05) is 19.8 Å². The lowest BCUT2D eigenvalue weighted by atomic mass is 9.89. The molecule has 2 rings (SSSR count). The van der Waals surface area contributed by atoms with Crippen molar-refractivity contribution in [2.45, 2.75) is 51.0 Å². The number of nitrogens with one attached hydrogen (secondary N) is 2. The summed E-state index contributed by atoms with van der Waals surface area (Å²) in [4.78, 5) is 4.66. The summed E-state index contributed by atoms with van der Waals surface area (Å²) < 4.78 is 23.3. The fourth-order valence-electron chi connectivity index (χ4n) is 3.35. The first-order valence-corrected chi connectivity index (χ1v) is 10.4. The monoisotopic (exact) mass is 479 g/mol. The van der Waals surface area contributed by atoms with Gasteiger partial charge in [0.2, 0.25) is 0 Å². The van der Waals surface area contributed by atoms with E-state index in [-0.39, 0.29) is 24.0 Å². The number of nitrogens with zero attached hydrogens (tertiary/aromatic N) is 1. The molecule has 1 aromatic carbocycles. The molecule has 0 spiro atoms. The van der Waals surface area contributed by atoms with Crippen molar-refractivity contribution >= 4 is 39.8 Å². The highest BCUT2D eigenvalue weighted by atomic mass is 127. The quantitative estimate of drug-likeness (QED) is 0.387. The molecule has 7 heteroatoms. The van der Waals surface area contributed by atoms with Crippen LogP contribution in [0.5, 0.6) is 0 Å². The minimum Gasteiger partial charge on any atom is -0.356 e. The van der Waals surface area contributed by atoms with Crippen LogP contribution in [-0.2, 0) is 16.4 Å². The zero-order chi connectivity index (χ0) is 17.8. The summed E-state index contributed by atoms with van der Waals surface area (Å²) in [5.41, 5.74) is 2.18. The minimum absolute atomic E-state index is 0. The van der Waals surface area contributed by atoms with Crippen LogP contribution < -0.4 is 10.6 Å². The Morgan fingerprint density at radius 1 is 1.24 bits per heavy atom. The Labute approximate surface area is 169 Å². The number of hydrogen-bond acceptors (Lipinski definition) is 3. The molecule has 0 radical (unpaired) electrons. The molecular weight excluding hydrogens is 449 g/mol. The van der Waals surface area contributed by atoms with E-state index in [2.05, 4.69) is 22.5 Å². The number of sulfone groups is 1. The summed E-state index contributed by atoms with van der Waals surface area (Å²) >= 11 is 0. The number of aryl methyl sites for hydroxylation is 1. The predicted molar refractivity (Wildman–Crippen MR) is 114 cm³/mol. The van der Waals surface area contributed by atoms with Crippen LogP contribution in [0.1, 0.15) is 43.7 Å². The standard InChI is InChI=1S/C18H29N3O2S.HI/c1-14-11-15(7-8-16(14)24(4,22)23)12-20-17(19-3)21-13-18(2)9-5-6-10-18;/h7-8,11H,5-6,9-10,12-13H2,1-4H3,(H2,19,20,21);1H. The number of hydrogen-bond donors (Lipinski definition) is 2. The Bertz CT molecular complexity index is 711. The number of guanidine groups is 1. The van der Waals surface area contributed by atoms with E-state index in [0.717, 1.165) is 23.6 Å². The maximum atomic E-state index is 11.7. The summed E-state index contributed by atoms with van der Waals surface area (Å²) in [5.74, 6) is 0.785. The molecule has 0 aliphatic heterocycles. The van der Waals surface area contributed by atoms with Gasteiger partial charge in [0.15, 0.2) is 15.8 Å². The third-order valence-corrected chi connectivity index (χ3v) is 6.07. The molecule has 1 fully saturated rings. The van der Waals surface area contributed by atoms with Crippen LogP contribution in [0.25, 0.3) is 0 Å². The number of benzene rings is 1. The van der Waals surface area contributed by atoms with Crippen molar-refractivity contribution < 1.29 is 8.42 Å². The molecule has 0 atom stereocenters. The lowest BCUT2D eigenvalue weighted by Gasteiger charge is -2.25. The molecular formula is C18H30IN3O2S. The van der Waals surface area contributed by atoms with Crippen molar-refractivity contribution in [1.29, 1.82) is 0 Å². The van der Waals surface area contributed by atoms with Crippen molar-refractivity contribution in [1.82, 2.24) is 10.6 Å². The van der Waals surface area contributed by atoms with Crippen molar-refractivity contribution in [2.24, 2.45) is 10.4 Å². The predicted octanol–water partition coefficient (Wildman–Crippen LogP) is 3.26. The van der Waals surface area contributed by atoms with Gasteiger partial charge in [-0.25, -0.2) is 8.42 Å². The van der Waals surface area contributed by atoms with Gasteiger partial charge in [-0.05, 0) is 42.4 Å². The van der Waals surface area contributed by atoms with Crippen LogP contribution in [0.2, 0.25) is 0 Å². The van der Waals surface area contributed by atoms with Gasteiger partial charge in [0.1, 0.15) is 0 Å². The van der Waals surface area contributed by atoms with Gasteiger partial charge in [-0.3, -0.25) is 4.99 Å². The number of rotatable bonds is 5. The van der Waals surface area contributed by atoms with E-state index < -0.39 is 9.84 Å². The van der Waals surface area contributed by atoms with Crippen LogP contribution in [0, 0.1) is 12.3 Å². The van der Waals surface area contributed by atoms with E-state index in [1.54, 1.807) is 13.1 Å². The largest absolute Gasteiger partial charge is 0.356 e. The Balaban J connectivity index is 0.00000312. The Kier molecular flexibility index (Phi) is 8.18. The molecule has 0 amide bonds. The van der Waals surface area contributed by atoms with E-state index >= 15 is 0 Å². The Morgan fingerprint density at radius 2 is 1.88 bits per heavy atom. The van der Waals surface area contributed by atoms with Gasteiger partial charge in [0.05, 0.1) is 4.90 Å². The molecule has 25 heavy (non-hydrogen) atoms. The van der Waals surface area contributed by atoms with Gasteiger partial charge in [0.25, 0.3) is 0 Å².